The number of hydrogen-bond donors (Lipinski definition) is 2. The number of anilines is 1. The van der Waals surface area contributed by atoms with E-state index in [1.807, 2.05) is 6.92 Å². The molecule has 0 saturated carbocycles. The normalized spacial score (nSPS) is 10.8. The third kappa shape index (κ3) is 2.63. The second-order valence-electron chi connectivity index (χ2n) is 4.89. The number of nitrogens with zero attached hydrogens (tertiary/aromatic N) is 1. The molecule has 0 fully saturated rings. The number of carbonyl (C=O) groups is 1. The van der Waals surface area contributed by atoms with Crippen molar-refractivity contribution >= 4 is 34.1 Å². The lowest BCUT2D eigenvalue weighted by Gasteiger charge is -2.07. The largest absolute Gasteiger partial charge is 0.360 e. The summed E-state index contributed by atoms with van der Waals surface area (Å²) < 4.78 is 1.53. The Hall–Kier alpha value is -2.53. The summed E-state index contributed by atoms with van der Waals surface area (Å²) in [6.45, 7) is 2.42. The molecule has 6 heteroatoms. The molecule has 0 spiro atoms. The fraction of sp³-hybridized carbons (Fsp3) is 0.125. The van der Waals surface area contributed by atoms with Gasteiger partial charge in [-0.15, -0.1) is 0 Å². The van der Waals surface area contributed by atoms with Gasteiger partial charge in [-0.25, -0.2) is 0 Å². The van der Waals surface area contributed by atoms with Gasteiger partial charge in [-0.05, 0) is 25.1 Å². The topological polar surface area (TPSA) is 66.9 Å². The molecule has 22 heavy (non-hydrogen) atoms. The number of H-pyrrole nitrogens is 1. The first-order valence-electron chi connectivity index (χ1n) is 6.87. The van der Waals surface area contributed by atoms with Crippen molar-refractivity contribution in [1.82, 2.24) is 9.55 Å². The average molecular weight is 316 g/mol. The molecule has 0 aliphatic rings. The molecular formula is C16H14ClN3O2. The van der Waals surface area contributed by atoms with Gasteiger partial charge in [0.25, 0.3) is 11.5 Å². The number of hydrogen-bond acceptors (Lipinski definition) is 2. The van der Waals surface area contributed by atoms with Crippen LogP contribution in [-0.4, -0.2) is 15.5 Å². The molecule has 0 aliphatic carbocycles. The molecule has 3 rings (SSSR count). The molecular weight excluding hydrogens is 302 g/mol. The number of pyridine rings is 1. The van der Waals surface area contributed by atoms with Crippen LogP contribution in [-0.2, 0) is 6.54 Å². The number of halogens is 1. The van der Waals surface area contributed by atoms with E-state index in [1.165, 1.54) is 10.6 Å². The van der Waals surface area contributed by atoms with Crippen molar-refractivity contribution in [3.05, 3.63) is 63.7 Å². The fourth-order valence-electron chi connectivity index (χ4n) is 2.34. The first kappa shape index (κ1) is 14.4. The first-order chi connectivity index (χ1) is 10.6. The summed E-state index contributed by atoms with van der Waals surface area (Å²) in [6.07, 6.45) is 3.28. The van der Waals surface area contributed by atoms with Gasteiger partial charge in [-0.2, -0.15) is 0 Å². The Balaban J connectivity index is 1.92. The van der Waals surface area contributed by atoms with Gasteiger partial charge in [-0.1, -0.05) is 17.7 Å². The summed E-state index contributed by atoms with van der Waals surface area (Å²) in [6, 6.07) is 8.35. The first-order valence-corrected chi connectivity index (χ1v) is 7.25. The van der Waals surface area contributed by atoms with Crippen LogP contribution >= 0.6 is 11.6 Å². The third-order valence-electron chi connectivity index (χ3n) is 3.47. The van der Waals surface area contributed by atoms with Crippen molar-refractivity contribution in [3.63, 3.8) is 0 Å². The lowest BCUT2D eigenvalue weighted by molar-refractivity contribution is 0.102. The van der Waals surface area contributed by atoms with Gasteiger partial charge in [0.1, 0.15) is 0 Å². The molecule has 1 amide bonds. The summed E-state index contributed by atoms with van der Waals surface area (Å²) in [5.41, 5.74) is 1.81. The van der Waals surface area contributed by atoms with Crippen LogP contribution in [0.5, 0.6) is 0 Å². The van der Waals surface area contributed by atoms with E-state index in [-0.39, 0.29) is 11.5 Å². The predicted molar refractivity (Wildman–Crippen MR) is 87.6 cm³/mol. The van der Waals surface area contributed by atoms with Crippen LogP contribution in [0.2, 0.25) is 5.02 Å². The highest BCUT2D eigenvalue weighted by Crippen LogP contribution is 2.22. The highest BCUT2D eigenvalue weighted by atomic mass is 35.5. The smallest absolute Gasteiger partial charge is 0.257 e. The molecule has 0 unspecified atom stereocenters. The summed E-state index contributed by atoms with van der Waals surface area (Å²) in [5.74, 6) is -0.241. The maximum atomic E-state index is 12.4. The molecule has 2 heterocycles. The van der Waals surface area contributed by atoms with Gasteiger partial charge in [0.2, 0.25) is 0 Å². The highest BCUT2D eigenvalue weighted by Gasteiger charge is 2.12. The van der Waals surface area contributed by atoms with E-state index in [1.54, 1.807) is 36.7 Å². The van der Waals surface area contributed by atoms with Gasteiger partial charge in [0, 0.05) is 40.9 Å². The van der Waals surface area contributed by atoms with Crippen LogP contribution in [0.3, 0.4) is 0 Å². The Kier molecular flexibility index (Phi) is 3.73. The molecule has 1 aromatic carbocycles. The van der Waals surface area contributed by atoms with Crippen molar-refractivity contribution in [2.24, 2.45) is 0 Å². The Morgan fingerprint density at radius 3 is 2.91 bits per heavy atom. The zero-order chi connectivity index (χ0) is 15.7. The fourth-order valence-corrected chi connectivity index (χ4v) is 2.51. The van der Waals surface area contributed by atoms with Gasteiger partial charge in [0.05, 0.1) is 11.3 Å². The summed E-state index contributed by atoms with van der Waals surface area (Å²) in [5, 5.41) is 4.21. The number of fused-ring (bicyclic) bond motifs is 1. The van der Waals surface area contributed by atoms with E-state index in [4.69, 9.17) is 11.6 Å². The van der Waals surface area contributed by atoms with Crippen LogP contribution in [0.15, 0.2) is 47.5 Å². The Bertz CT molecular complexity index is 911. The number of aryl methyl sites for hydroxylation is 1. The number of nitrogens with one attached hydrogen (secondary N) is 2. The van der Waals surface area contributed by atoms with E-state index in [2.05, 4.69) is 10.3 Å². The van der Waals surface area contributed by atoms with Crippen LogP contribution < -0.4 is 10.9 Å². The zero-order valence-electron chi connectivity index (χ0n) is 11.9. The maximum absolute atomic E-state index is 12.4. The van der Waals surface area contributed by atoms with Crippen LogP contribution in [0.1, 0.15) is 17.3 Å². The number of aromatic nitrogens is 2. The summed E-state index contributed by atoms with van der Waals surface area (Å²) in [7, 11) is 0. The number of rotatable bonds is 3. The molecule has 112 valence electrons. The molecule has 2 N–H and O–H groups in total. The lowest BCUT2D eigenvalue weighted by atomic mass is 10.1. The Morgan fingerprint density at radius 2 is 2.14 bits per heavy atom. The third-order valence-corrected chi connectivity index (χ3v) is 3.71. The maximum Gasteiger partial charge on any atom is 0.257 e. The minimum Gasteiger partial charge on any atom is -0.360 e. The number of carbonyl (C=O) groups excluding carboxylic acids is 1. The Labute approximate surface area is 131 Å². The van der Waals surface area contributed by atoms with Gasteiger partial charge in [0.15, 0.2) is 0 Å². The monoisotopic (exact) mass is 315 g/mol. The molecule has 3 aromatic rings. The minimum absolute atomic E-state index is 0.0952. The molecule has 0 radical (unpaired) electrons. The van der Waals surface area contributed by atoms with E-state index in [0.29, 0.717) is 22.8 Å². The second kappa shape index (κ2) is 5.69. The SMILES string of the molecule is CCn1cc(NC(=O)c2c[nH]c3cc(Cl)ccc23)ccc1=O. The number of benzene rings is 1. The summed E-state index contributed by atoms with van der Waals surface area (Å²) >= 11 is 5.93. The van der Waals surface area contributed by atoms with E-state index < -0.39 is 0 Å². The highest BCUT2D eigenvalue weighted by molar-refractivity contribution is 6.31. The van der Waals surface area contributed by atoms with E-state index in [0.717, 1.165) is 10.9 Å². The molecule has 0 aliphatic heterocycles. The number of amides is 1. The lowest BCUT2D eigenvalue weighted by Crippen LogP contribution is -2.19. The summed E-state index contributed by atoms with van der Waals surface area (Å²) in [4.78, 5) is 27.0. The van der Waals surface area contributed by atoms with Crippen molar-refractivity contribution < 1.29 is 4.79 Å². The van der Waals surface area contributed by atoms with Crippen LogP contribution in [0, 0.1) is 0 Å². The quantitative estimate of drug-likeness (QED) is 0.779. The van der Waals surface area contributed by atoms with Gasteiger partial charge in [-0.3, -0.25) is 9.59 Å². The van der Waals surface area contributed by atoms with Gasteiger partial charge < -0.3 is 14.9 Å². The molecule has 5 nitrogen and oxygen atoms in total. The van der Waals surface area contributed by atoms with Crippen LogP contribution in [0.25, 0.3) is 10.9 Å². The van der Waals surface area contributed by atoms with Crippen molar-refractivity contribution in [1.29, 1.82) is 0 Å². The predicted octanol–water partition coefficient (Wildman–Crippen LogP) is 3.26. The zero-order valence-corrected chi connectivity index (χ0v) is 12.6. The van der Waals surface area contributed by atoms with E-state index in [9.17, 15) is 9.59 Å². The van der Waals surface area contributed by atoms with Gasteiger partial charge >= 0.3 is 0 Å². The van der Waals surface area contributed by atoms with E-state index >= 15 is 0 Å². The number of aromatic amines is 1. The van der Waals surface area contributed by atoms with Crippen molar-refractivity contribution in [2.75, 3.05) is 5.32 Å². The molecule has 2 aromatic heterocycles. The van der Waals surface area contributed by atoms with Crippen molar-refractivity contribution in [3.8, 4) is 0 Å². The standard InChI is InChI=1S/C16H14ClN3O2/c1-2-20-9-11(4-6-15(20)21)19-16(22)13-8-18-14-7-10(17)3-5-12(13)14/h3-9,18H,2H2,1H3,(H,19,22). The van der Waals surface area contributed by atoms with Crippen molar-refractivity contribution in [2.45, 2.75) is 13.5 Å². The average Bonchev–Trinajstić information content (AvgIpc) is 2.92. The second-order valence-corrected chi connectivity index (χ2v) is 5.32. The minimum atomic E-state index is -0.241. The molecule has 0 saturated heterocycles. The molecule has 0 atom stereocenters. The molecule has 0 bridgehead atoms. The Morgan fingerprint density at radius 1 is 1.32 bits per heavy atom. The van der Waals surface area contributed by atoms with Crippen LogP contribution in [0.4, 0.5) is 5.69 Å².